The number of barbiturate groups is 1. The quantitative estimate of drug-likeness (QED) is 0.482. The molecular weight excluding hydrogens is 406 g/mol. The maximum atomic E-state index is 12.4. The maximum absolute atomic E-state index is 12.4. The number of anilines is 3. The van der Waals surface area contributed by atoms with Gasteiger partial charge in [-0.3, -0.25) is 24.7 Å². The second kappa shape index (κ2) is 6.95. The normalized spacial score (nSPS) is 18.5. The van der Waals surface area contributed by atoms with Crippen LogP contribution in [-0.4, -0.2) is 29.8 Å². The summed E-state index contributed by atoms with van der Waals surface area (Å²) in [5.74, 6) is -0.528. The van der Waals surface area contributed by atoms with Crippen molar-refractivity contribution < 1.29 is 18.8 Å². The number of carbonyl (C=O) groups is 3. The lowest BCUT2D eigenvalue weighted by atomic mass is 9.74. The Labute approximate surface area is 184 Å². The van der Waals surface area contributed by atoms with Crippen molar-refractivity contribution in [3.8, 4) is 0 Å². The van der Waals surface area contributed by atoms with E-state index < -0.39 is 17.8 Å². The molecular formula is C25H21N3O4. The summed E-state index contributed by atoms with van der Waals surface area (Å²) in [4.78, 5) is 39.1. The van der Waals surface area contributed by atoms with Crippen LogP contribution in [0.4, 0.5) is 22.1 Å². The smallest absolute Gasteiger partial charge is 0.331 e. The van der Waals surface area contributed by atoms with Crippen molar-refractivity contribution in [2.24, 2.45) is 0 Å². The number of likely N-dealkylation sites (N-methyl/N-ethyl adjacent to an activating group) is 1. The van der Waals surface area contributed by atoms with Gasteiger partial charge in [-0.1, -0.05) is 50.2 Å². The number of benzene rings is 2. The number of imide groups is 2. The summed E-state index contributed by atoms with van der Waals surface area (Å²) in [7, 11) is 1.31. The van der Waals surface area contributed by atoms with Gasteiger partial charge in [0, 0.05) is 18.5 Å². The summed E-state index contributed by atoms with van der Waals surface area (Å²) in [5.41, 5.74) is 3.98. The van der Waals surface area contributed by atoms with Crippen LogP contribution in [0.5, 0.6) is 0 Å². The van der Waals surface area contributed by atoms with Crippen LogP contribution in [0.3, 0.4) is 0 Å². The fourth-order valence-electron chi connectivity index (χ4n) is 4.33. The number of carbonyl (C=O) groups excluding carboxylic acids is 3. The van der Waals surface area contributed by atoms with Crippen LogP contribution in [-0.2, 0) is 15.0 Å². The first kappa shape index (κ1) is 19.8. The Balaban J connectivity index is 1.60. The Hall–Kier alpha value is -4.13. The van der Waals surface area contributed by atoms with Crippen LogP contribution in [0.15, 0.2) is 70.7 Å². The molecule has 1 aromatic heterocycles. The zero-order valence-electron chi connectivity index (χ0n) is 17.9. The van der Waals surface area contributed by atoms with Crippen molar-refractivity contribution in [1.29, 1.82) is 0 Å². The maximum Gasteiger partial charge on any atom is 0.331 e. The highest BCUT2D eigenvalue weighted by molar-refractivity contribution is 6.30. The molecule has 0 unspecified atom stereocenters. The van der Waals surface area contributed by atoms with Gasteiger partial charge in [0.1, 0.15) is 11.3 Å². The molecule has 2 aliphatic rings. The SMILES string of the molecule is CN1C(=O)NC(=O)/C(=C/c2ccc(N3c4ccccc4C(C)(C)c4ccccc43)o2)C1=O. The molecule has 160 valence electrons. The molecule has 1 saturated heterocycles. The molecule has 7 heteroatoms. The Kier molecular flexibility index (Phi) is 4.30. The van der Waals surface area contributed by atoms with E-state index in [0.717, 1.165) is 27.4 Å². The van der Waals surface area contributed by atoms with Crippen LogP contribution in [0.2, 0.25) is 0 Å². The van der Waals surface area contributed by atoms with Gasteiger partial charge < -0.3 is 4.42 Å². The summed E-state index contributed by atoms with van der Waals surface area (Å²) in [6.45, 7) is 4.40. The molecule has 3 heterocycles. The number of hydrogen-bond acceptors (Lipinski definition) is 5. The van der Waals surface area contributed by atoms with Gasteiger partial charge in [-0.2, -0.15) is 0 Å². The Morgan fingerprint density at radius 3 is 2.09 bits per heavy atom. The number of furan rings is 1. The highest BCUT2D eigenvalue weighted by Gasteiger charge is 2.37. The Morgan fingerprint density at radius 2 is 1.47 bits per heavy atom. The first-order valence-corrected chi connectivity index (χ1v) is 10.2. The third-order valence-corrected chi connectivity index (χ3v) is 6.06. The van der Waals surface area contributed by atoms with E-state index in [4.69, 9.17) is 4.42 Å². The second-order valence-corrected chi connectivity index (χ2v) is 8.35. The van der Waals surface area contributed by atoms with Gasteiger partial charge >= 0.3 is 6.03 Å². The summed E-state index contributed by atoms with van der Waals surface area (Å²) in [5, 5.41) is 2.14. The number of rotatable bonds is 2. The number of amides is 4. The van der Waals surface area contributed by atoms with E-state index in [9.17, 15) is 14.4 Å². The molecule has 0 bridgehead atoms. The predicted octanol–water partition coefficient (Wildman–Crippen LogP) is 4.48. The lowest BCUT2D eigenvalue weighted by Gasteiger charge is -2.40. The van der Waals surface area contributed by atoms with Crippen molar-refractivity contribution in [3.05, 3.63) is 83.1 Å². The van der Waals surface area contributed by atoms with Gasteiger partial charge in [0.2, 0.25) is 5.88 Å². The molecule has 0 atom stereocenters. The summed E-state index contributed by atoms with van der Waals surface area (Å²) < 4.78 is 6.08. The molecule has 2 aliphatic heterocycles. The van der Waals surface area contributed by atoms with Crippen molar-refractivity contribution in [1.82, 2.24) is 10.2 Å². The van der Waals surface area contributed by atoms with Gasteiger partial charge in [-0.05, 0) is 35.4 Å². The lowest BCUT2D eigenvalue weighted by Crippen LogP contribution is -2.52. The number of urea groups is 1. The molecule has 0 radical (unpaired) electrons. The average Bonchev–Trinajstić information content (AvgIpc) is 3.24. The molecule has 5 rings (SSSR count). The number of nitrogens with one attached hydrogen (secondary N) is 1. The Bertz CT molecular complexity index is 1270. The van der Waals surface area contributed by atoms with Gasteiger partial charge in [-0.25, -0.2) is 4.79 Å². The second-order valence-electron chi connectivity index (χ2n) is 8.35. The van der Waals surface area contributed by atoms with E-state index >= 15 is 0 Å². The summed E-state index contributed by atoms with van der Waals surface area (Å²) >= 11 is 0. The van der Waals surface area contributed by atoms with E-state index in [0.29, 0.717) is 11.6 Å². The van der Waals surface area contributed by atoms with Crippen molar-refractivity contribution in [2.45, 2.75) is 19.3 Å². The topological polar surface area (TPSA) is 82.9 Å². The van der Waals surface area contributed by atoms with E-state index in [1.165, 1.54) is 13.1 Å². The zero-order chi connectivity index (χ0) is 22.6. The van der Waals surface area contributed by atoms with Crippen molar-refractivity contribution >= 4 is 41.2 Å². The molecule has 0 saturated carbocycles. The van der Waals surface area contributed by atoms with Crippen LogP contribution < -0.4 is 10.2 Å². The third kappa shape index (κ3) is 2.85. The Morgan fingerprint density at radius 1 is 0.875 bits per heavy atom. The number of nitrogens with zero attached hydrogens (tertiary/aromatic N) is 2. The fourth-order valence-corrected chi connectivity index (χ4v) is 4.33. The molecule has 7 nitrogen and oxygen atoms in total. The minimum Gasteiger partial charge on any atom is -0.440 e. The molecule has 4 amide bonds. The van der Waals surface area contributed by atoms with E-state index in [1.807, 2.05) is 41.3 Å². The first-order chi connectivity index (χ1) is 15.3. The van der Waals surface area contributed by atoms with E-state index in [1.54, 1.807) is 12.1 Å². The molecule has 2 aromatic carbocycles. The molecule has 32 heavy (non-hydrogen) atoms. The standard InChI is InChI=1S/C25H21N3O4/c1-25(2)17-8-4-6-10-19(17)28(20-11-7-5-9-18(20)25)21-13-12-15(32-21)14-16-22(29)26-24(31)27(3)23(16)30/h4-14H,1-3H3,(H,26,29,31)/b16-14-. The fraction of sp³-hybridized carbons (Fsp3) is 0.160. The number of para-hydroxylation sites is 2. The summed E-state index contributed by atoms with van der Waals surface area (Å²) in [6, 6.07) is 19.1. The highest BCUT2D eigenvalue weighted by Crippen LogP contribution is 2.51. The number of hydrogen-bond donors (Lipinski definition) is 1. The molecule has 1 fully saturated rings. The predicted molar refractivity (Wildman–Crippen MR) is 120 cm³/mol. The van der Waals surface area contributed by atoms with Crippen LogP contribution in [0, 0.1) is 0 Å². The third-order valence-electron chi connectivity index (χ3n) is 6.06. The van der Waals surface area contributed by atoms with Crippen molar-refractivity contribution in [3.63, 3.8) is 0 Å². The minimum atomic E-state index is -0.749. The van der Waals surface area contributed by atoms with Gasteiger partial charge in [0.15, 0.2) is 0 Å². The summed E-state index contributed by atoms with van der Waals surface area (Å²) in [6.07, 6.45) is 1.36. The first-order valence-electron chi connectivity index (χ1n) is 10.2. The highest BCUT2D eigenvalue weighted by atomic mass is 16.4. The van der Waals surface area contributed by atoms with Crippen LogP contribution >= 0.6 is 0 Å². The molecule has 0 aliphatic carbocycles. The zero-order valence-corrected chi connectivity index (χ0v) is 17.9. The lowest BCUT2D eigenvalue weighted by molar-refractivity contribution is -0.129. The van der Waals surface area contributed by atoms with Crippen LogP contribution in [0.25, 0.3) is 6.08 Å². The number of fused-ring (bicyclic) bond motifs is 2. The van der Waals surface area contributed by atoms with Gasteiger partial charge in [0.25, 0.3) is 11.8 Å². The van der Waals surface area contributed by atoms with Crippen LogP contribution in [0.1, 0.15) is 30.7 Å². The van der Waals surface area contributed by atoms with E-state index in [-0.39, 0.29) is 11.0 Å². The average molecular weight is 427 g/mol. The largest absolute Gasteiger partial charge is 0.440 e. The van der Waals surface area contributed by atoms with Crippen molar-refractivity contribution in [2.75, 3.05) is 11.9 Å². The monoisotopic (exact) mass is 427 g/mol. The molecule has 0 spiro atoms. The molecule has 1 N–H and O–H groups in total. The van der Waals surface area contributed by atoms with Gasteiger partial charge in [0.05, 0.1) is 11.4 Å². The minimum absolute atomic E-state index is 0.159. The molecule has 3 aromatic rings. The van der Waals surface area contributed by atoms with Gasteiger partial charge in [-0.15, -0.1) is 0 Å². The van der Waals surface area contributed by atoms with E-state index in [2.05, 4.69) is 31.3 Å².